The molecule has 62 heavy (non-hydrogen) atoms. The fourth-order valence-electron chi connectivity index (χ4n) is 8.41. The summed E-state index contributed by atoms with van der Waals surface area (Å²) < 4.78 is 55.5. The maximum absolute atomic E-state index is 13.4. The van der Waals surface area contributed by atoms with Crippen LogP contribution in [0, 0.1) is 17.8 Å². The zero-order chi connectivity index (χ0) is 46.5. The molecule has 2 N–H and O–H groups in total. The molecule has 1 unspecified atom stereocenters. The molecule has 0 aromatic heterocycles. The third-order valence-electron chi connectivity index (χ3n) is 11.4. The average molecular weight is 884 g/mol. The Balaban J connectivity index is 2.10. The fourth-order valence-corrected chi connectivity index (χ4v) is 8.41. The van der Waals surface area contributed by atoms with Gasteiger partial charge in [0.1, 0.15) is 36.3 Å². The summed E-state index contributed by atoms with van der Waals surface area (Å²) in [6.07, 6.45) is -4.36. The van der Waals surface area contributed by atoms with E-state index in [0.29, 0.717) is 12.7 Å². The Kier molecular flexibility index (Phi) is 21.1. The van der Waals surface area contributed by atoms with Crippen LogP contribution in [0.25, 0.3) is 0 Å². The molecule has 0 bridgehead atoms. The average Bonchev–Trinajstić information content (AvgIpc) is 3.15. The van der Waals surface area contributed by atoms with Gasteiger partial charge in [-0.15, -0.1) is 0 Å². The first-order valence-corrected chi connectivity index (χ1v) is 21.9. The summed E-state index contributed by atoms with van der Waals surface area (Å²) in [6, 6.07) is -0.777. The van der Waals surface area contributed by atoms with Gasteiger partial charge in [-0.2, -0.15) is 0 Å². The van der Waals surface area contributed by atoms with Crippen molar-refractivity contribution >= 4 is 30.2 Å². The van der Waals surface area contributed by atoms with Crippen LogP contribution < -0.4 is 0 Å². The topological polar surface area (TPSA) is 212 Å². The normalized spacial score (nSPS) is 38.7. The van der Waals surface area contributed by atoms with Gasteiger partial charge in [-0.25, -0.2) is 0 Å². The van der Waals surface area contributed by atoms with Crippen LogP contribution in [0.4, 0.5) is 0 Å². The SMILES string of the molecule is CCC(=O)O[C@H]1[C@H](OC2[C@@H](CC=O)C[C@@H](C)[C@@H](O)/C=C/C=C\C[C@@H](C)OC(=O)C[C@@H](OC(C)=O)[C@@H]2OC)O[C@H](C)[C@@H](O[C@H]2C[C@@](C)(O)[C@@H](OC(=O)CC(C)C)[C@H](C)O2)[C@@H]1N(C)C. The Morgan fingerprint density at radius 3 is 2.24 bits per heavy atom. The van der Waals surface area contributed by atoms with Crippen LogP contribution in [-0.2, 0) is 66.6 Å². The largest absolute Gasteiger partial charge is 0.462 e. The van der Waals surface area contributed by atoms with Crippen LogP contribution in [0.3, 0.4) is 0 Å². The van der Waals surface area contributed by atoms with Crippen molar-refractivity contribution in [1.29, 1.82) is 0 Å². The third kappa shape index (κ3) is 15.5. The van der Waals surface area contributed by atoms with Gasteiger partial charge >= 0.3 is 23.9 Å². The molecule has 3 aliphatic rings. The summed E-state index contributed by atoms with van der Waals surface area (Å²) in [5.41, 5.74) is -1.53. The number of aliphatic hydroxyl groups excluding tert-OH is 1. The molecular weight excluding hydrogens is 810 g/mol. The Morgan fingerprint density at radius 2 is 1.66 bits per heavy atom. The van der Waals surface area contributed by atoms with Crippen molar-refractivity contribution in [3.63, 3.8) is 0 Å². The van der Waals surface area contributed by atoms with E-state index in [1.54, 1.807) is 77.9 Å². The molecule has 0 aromatic rings. The minimum atomic E-state index is -1.53. The molecule has 17 nitrogen and oxygen atoms in total. The van der Waals surface area contributed by atoms with Crippen molar-refractivity contribution in [3.05, 3.63) is 24.3 Å². The van der Waals surface area contributed by atoms with Gasteiger partial charge in [0, 0.05) is 46.1 Å². The van der Waals surface area contributed by atoms with Gasteiger partial charge in [0.25, 0.3) is 0 Å². The summed E-state index contributed by atoms with van der Waals surface area (Å²) in [6.45, 7) is 15.1. The second-order valence-corrected chi connectivity index (χ2v) is 17.8. The maximum Gasteiger partial charge on any atom is 0.309 e. The van der Waals surface area contributed by atoms with Crippen molar-refractivity contribution in [1.82, 2.24) is 4.90 Å². The number of rotatable bonds is 14. The first-order valence-electron chi connectivity index (χ1n) is 21.9. The van der Waals surface area contributed by atoms with Crippen molar-refractivity contribution in [2.75, 3.05) is 21.2 Å². The van der Waals surface area contributed by atoms with Gasteiger partial charge in [-0.3, -0.25) is 19.2 Å². The number of ether oxygens (including phenoxy) is 9. The number of aliphatic hydroxyl groups is 2. The van der Waals surface area contributed by atoms with Crippen molar-refractivity contribution in [3.8, 4) is 0 Å². The predicted octanol–water partition coefficient (Wildman–Crippen LogP) is 3.97. The number of likely N-dealkylation sites (N-methyl/N-ethyl adjacent to an activating group) is 1. The van der Waals surface area contributed by atoms with Crippen molar-refractivity contribution in [2.45, 2.75) is 193 Å². The van der Waals surface area contributed by atoms with Gasteiger partial charge in [-0.1, -0.05) is 52.0 Å². The molecule has 16 atom stereocenters. The molecule has 0 aromatic carbocycles. The van der Waals surface area contributed by atoms with Crippen LogP contribution >= 0.6 is 0 Å². The standard InChI is InChI=1S/C45H73NO16/c1-13-34(50)59-42-38(46(10)11)39(61-37-24-45(9,53)43(29(7)56-37)60-35(51)21-25(2)3)28(6)57-44(42)62-40-31(19-20-47)22-26(4)32(49)18-16-14-15-17-27(5)55-36(52)23-33(41(40)54-12)58-30(8)48/h14-16,18,20,25-29,31-33,37-44,49,53H,13,17,19,21-24H2,1-12H3/b15-14-,18-16+/t26-,27-,28-,29+,31+,32+,33-,37+,38+,39-,40?,41+,42-,43+,44+,45-/m1/s1. The molecule has 354 valence electrons. The smallest absolute Gasteiger partial charge is 0.309 e. The molecule has 0 radical (unpaired) electrons. The Hall–Kier alpha value is -3.29. The highest BCUT2D eigenvalue weighted by Crippen LogP contribution is 2.38. The Morgan fingerprint density at radius 1 is 0.968 bits per heavy atom. The highest BCUT2D eigenvalue weighted by Gasteiger charge is 2.54. The van der Waals surface area contributed by atoms with E-state index in [1.165, 1.54) is 14.0 Å². The number of hydrogen-bond donors (Lipinski definition) is 2. The van der Waals surface area contributed by atoms with Gasteiger partial charge in [0.2, 0.25) is 0 Å². The van der Waals surface area contributed by atoms with Crippen LogP contribution in [-0.4, -0.2) is 152 Å². The first kappa shape index (κ1) is 53.1. The van der Waals surface area contributed by atoms with E-state index in [2.05, 4.69) is 0 Å². The highest BCUT2D eigenvalue weighted by atomic mass is 16.7. The number of nitrogens with zero attached hydrogens (tertiary/aromatic N) is 1. The molecule has 0 spiro atoms. The summed E-state index contributed by atoms with van der Waals surface area (Å²) >= 11 is 0. The maximum atomic E-state index is 13.4. The summed E-state index contributed by atoms with van der Waals surface area (Å²) in [5.74, 6) is -3.52. The van der Waals surface area contributed by atoms with Crippen LogP contribution in [0.15, 0.2) is 24.3 Å². The molecule has 0 saturated carbocycles. The molecule has 3 heterocycles. The van der Waals surface area contributed by atoms with Crippen molar-refractivity contribution in [2.24, 2.45) is 17.8 Å². The number of methoxy groups -OCH3 is 1. The molecular formula is C45H73NO16. The van der Waals surface area contributed by atoms with Crippen LogP contribution in [0.2, 0.25) is 0 Å². The number of esters is 4. The molecule has 3 aliphatic heterocycles. The van der Waals surface area contributed by atoms with Gasteiger partial charge in [-0.05, 0) is 66.0 Å². The van der Waals surface area contributed by atoms with Gasteiger partial charge in [0.15, 0.2) is 24.8 Å². The lowest BCUT2D eigenvalue weighted by molar-refractivity contribution is -0.345. The van der Waals surface area contributed by atoms with Gasteiger partial charge in [0.05, 0.1) is 36.9 Å². The third-order valence-corrected chi connectivity index (χ3v) is 11.4. The predicted molar refractivity (Wildman–Crippen MR) is 224 cm³/mol. The van der Waals surface area contributed by atoms with E-state index in [0.717, 1.165) is 0 Å². The highest BCUT2D eigenvalue weighted by molar-refractivity contribution is 5.72. The molecule has 3 rings (SSSR count). The number of carbonyl (C=O) groups is 5. The Labute approximate surface area is 367 Å². The van der Waals surface area contributed by atoms with E-state index in [4.69, 9.17) is 42.6 Å². The van der Waals surface area contributed by atoms with E-state index < -0.39 is 127 Å². The number of carbonyl (C=O) groups excluding carboxylic acids is 5. The summed E-state index contributed by atoms with van der Waals surface area (Å²) in [4.78, 5) is 66.1. The molecule has 0 amide bonds. The Bertz CT molecular complexity index is 1520. The molecule has 2 fully saturated rings. The molecule has 2 saturated heterocycles. The quantitative estimate of drug-likeness (QED) is 0.144. The lowest BCUT2D eigenvalue weighted by Gasteiger charge is -2.51. The zero-order valence-electron chi connectivity index (χ0n) is 38.6. The van der Waals surface area contributed by atoms with E-state index in [9.17, 15) is 34.2 Å². The monoisotopic (exact) mass is 883 g/mol. The lowest BCUT2D eigenvalue weighted by Crippen LogP contribution is -2.66. The molecule has 17 heteroatoms. The van der Waals surface area contributed by atoms with Crippen LogP contribution in [0.5, 0.6) is 0 Å². The number of cyclic esters (lactones) is 1. The van der Waals surface area contributed by atoms with E-state index >= 15 is 0 Å². The number of aldehydes is 1. The fraction of sp³-hybridized carbons (Fsp3) is 0.800. The molecule has 0 aliphatic carbocycles. The van der Waals surface area contributed by atoms with E-state index in [1.807, 2.05) is 20.8 Å². The number of allylic oxidation sites excluding steroid dienone is 2. The second kappa shape index (κ2) is 24.7. The zero-order valence-corrected chi connectivity index (χ0v) is 38.6. The van der Waals surface area contributed by atoms with Crippen LogP contribution in [0.1, 0.15) is 107 Å². The van der Waals surface area contributed by atoms with Crippen molar-refractivity contribution < 1.29 is 76.8 Å². The second-order valence-electron chi connectivity index (χ2n) is 17.8. The minimum absolute atomic E-state index is 0.00145. The minimum Gasteiger partial charge on any atom is -0.462 e. The summed E-state index contributed by atoms with van der Waals surface area (Å²) in [5, 5.41) is 22.8. The number of hydrogen-bond acceptors (Lipinski definition) is 17. The van der Waals surface area contributed by atoms with E-state index in [-0.39, 0.29) is 38.0 Å². The van der Waals surface area contributed by atoms with Gasteiger partial charge < -0.3 is 62.5 Å². The summed E-state index contributed by atoms with van der Waals surface area (Å²) in [7, 11) is 4.89. The first-order chi connectivity index (χ1) is 29.1. The lowest BCUT2D eigenvalue weighted by atomic mass is 9.82.